The van der Waals surface area contributed by atoms with E-state index in [0.717, 1.165) is 44.7 Å². The number of hydrogen-bond donors (Lipinski definition) is 0. The highest BCUT2D eigenvalue weighted by molar-refractivity contribution is 5.76. The molecule has 2 aliphatic rings. The number of aryl methyl sites for hydroxylation is 1. The van der Waals surface area contributed by atoms with Crippen molar-refractivity contribution >= 4 is 11.6 Å². The van der Waals surface area contributed by atoms with Crippen molar-refractivity contribution in [2.75, 3.05) is 45.2 Å². The lowest BCUT2D eigenvalue weighted by molar-refractivity contribution is -0.130. The zero-order valence-electron chi connectivity index (χ0n) is 16.9. The summed E-state index contributed by atoms with van der Waals surface area (Å²) in [6.07, 6.45) is 5.00. The lowest BCUT2D eigenvalue weighted by Gasteiger charge is -2.22. The molecule has 1 amide bonds. The molecule has 1 aromatic heterocycles. The maximum atomic E-state index is 12.6. The Morgan fingerprint density at radius 3 is 2.36 bits per heavy atom. The van der Waals surface area contributed by atoms with E-state index in [4.69, 9.17) is 0 Å². The number of hydrogen-bond acceptors (Lipinski definition) is 4. The van der Waals surface area contributed by atoms with Gasteiger partial charge in [-0.25, -0.2) is 0 Å². The number of rotatable bonds is 6. The van der Waals surface area contributed by atoms with Crippen LogP contribution in [-0.4, -0.2) is 61.0 Å². The number of pyridine rings is 1. The molecule has 0 radical (unpaired) electrons. The molecule has 2 saturated heterocycles. The summed E-state index contributed by atoms with van der Waals surface area (Å²) in [7, 11) is 4.14. The van der Waals surface area contributed by atoms with Gasteiger partial charge in [-0.05, 0) is 47.6 Å². The molecule has 0 spiro atoms. The van der Waals surface area contributed by atoms with Crippen molar-refractivity contribution in [2.45, 2.75) is 19.4 Å². The normalized spacial score (nSPS) is 21.7. The van der Waals surface area contributed by atoms with Crippen molar-refractivity contribution in [2.24, 2.45) is 11.8 Å². The van der Waals surface area contributed by atoms with E-state index in [9.17, 15) is 4.79 Å². The van der Waals surface area contributed by atoms with E-state index in [-0.39, 0.29) is 0 Å². The summed E-state index contributed by atoms with van der Waals surface area (Å²) in [4.78, 5) is 23.5. The van der Waals surface area contributed by atoms with Crippen molar-refractivity contribution < 1.29 is 4.79 Å². The van der Waals surface area contributed by atoms with Crippen LogP contribution in [0.25, 0.3) is 0 Å². The number of likely N-dealkylation sites (tertiary alicyclic amines) is 2. The quantitative estimate of drug-likeness (QED) is 0.775. The van der Waals surface area contributed by atoms with E-state index >= 15 is 0 Å². The molecule has 4 rings (SSSR count). The van der Waals surface area contributed by atoms with Crippen LogP contribution in [0.3, 0.4) is 0 Å². The number of carbonyl (C=O) groups excluding carboxylic acids is 1. The number of benzene rings is 1. The second kappa shape index (κ2) is 8.31. The number of carbonyl (C=O) groups is 1. The van der Waals surface area contributed by atoms with Gasteiger partial charge in [0.1, 0.15) is 0 Å². The Morgan fingerprint density at radius 2 is 1.75 bits per heavy atom. The Labute approximate surface area is 168 Å². The summed E-state index contributed by atoms with van der Waals surface area (Å²) in [6, 6.07) is 12.8. The van der Waals surface area contributed by atoms with E-state index in [1.807, 2.05) is 18.3 Å². The second-order valence-corrected chi connectivity index (χ2v) is 8.44. The zero-order chi connectivity index (χ0) is 19.5. The number of fused-ring (bicyclic) bond motifs is 1. The number of amides is 1. The predicted molar refractivity (Wildman–Crippen MR) is 112 cm³/mol. The SMILES string of the molecule is CN(C)c1ccc(CN2CC3CN(C(=O)CCc4cccnc4)CC3C2)cc1. The third kappa shape index (κ3) is 4.36. The van der Waals surface area contributed by atoms with E-state index in [2.05, 4.69) is 58.0 Å². The standard InChI is InChI=1S/C23H30N4O/c1-25(2)22-8-5-19(6-9-22)13-26-14-20-16-27(17-21(20)15-26)23(28)10-7-18-4-3-11-24-12-18/h3-6,8-9,11-12,20-21H,7,10,13-17H2,1-2H3. The average molecular weight is 379 g/mol. The number of aromatic nitrogens is 1. The first-order valence-corrected chi connectivity index (χ1v) is 10.2. The highest BCUT2D eigenvalue weighted by Crippen LogP contribution is 2.32. The molecule has 2 aromatic rings. The molecule has 0 saturated carbocycles. The van der Waals surface area contributed by atoms with Gasteiger partial charge < -0.3 is 9.80 Å². The predicted octanol–water partition coefficient (Wildman–Crippen LogP) is 2.67. The monoisotopic (exact) mass is 378 g/mol. The Kier molecular flexibility index (Phi) is 5.62. The summed E-state index contributed by atoms with van der Waals surface area (Å²) >= 11 is 0. The molecule has 1 aromatic carbocycles. The van der Waals surface area contributed by atoms with Gasteiger partial charge in [0.2, 0.25) is 5.91 Å². The van der Waals surface area contributed by atoms with Gasteiger partial charge in [-0.15, -0.1) is 0 Å². The van der Waals surface area contributed by atoms with Crippen LogP contribution in [0.2, 0.25) is 0 Å². The van der Waals surface area contributed by atoms with Crippen LogP contribution in [0.5, 0.6) is 0 Å². The molecule has 0 aliphatic carbocycles. The van der Waals surface area contributed by atoms with Crippen LogP contribution in [0.4, 0.5) is 5.69 Å². The fourth-order valence-corrected chi connectivity index (χ4v) is 4.54. The third-order valence-electron chi connectivity index (χ3n) is 6.12. The molecular formula is C23H30N4O. The summed E-state index contributed by atoms with van der Waals surface area (Å²) in [5.41, 5.74) is 3.75. The van der Waals surface area contributed by atoms with Gasteiger partial charge in [0.25, 0.3) is 0 Å². The molecule has 3 heterocycles. The van der Waals surface area contributed by atoms with Gasteiger partial charge >= 0.3 is 0 Å². The lowest BCUT2D eigenvalue weighted by atomic mass is 10.0. The van der Waals surface area contributed by atoms with Gasteiger partial charge in [-0.1, -0.05) is 18.2 Å². The second-order valence-electron chi connectivity index (χ2n) is 8.44. The van der Waals surface area contributed by atoms with Crippen molar-refractivity contribution in [3.05, 3.63) is 59.9 Å². The fourth-order valence-electron chi connectivity index (χ4n) is 4.54. The van der Waals surface area contributed by atoms with Crippen LogP contribution in [0.1, 0.15) is 17.5 Å². The Hall–Kier alpha value is -2.40. The molecule has 28 heavy (non-hydrogen) atoms. The van der Waals surface area contributed by atoms with Crippen LogP contribution >= 0.6 is 0 Å². The largest absolute Gasteiger partial charge is 0.378 e. The average Bonchev–Trinajstić information content (AvgIpc) is 3.26. The minimum Gasteiger partial charge on any atom is -0.378 e. The van der Waals surface area contributed by atoms with Crippen molar-refractivity contribution in [3.63, 3.8) is 0 Å². The van der Waals surface area contributed by atoms with Crippen molar-refractivity contribution in [3.8, 4) is 0 Å². The minimum atomic E-state index is 0.295. The Morgan fingerprint density at radius 1 is 1.04 bits per heavy atom. The molecule has 2 unspecified atom stereocenters. The van der Waals surface area contributed by atoms with Gasteiger partial charge in [0.15, 0.2) is 0 Å². The smallest absolute Gasteiger partial charge is 0.222 e. The molecule has 2 fully saturated rings. The number of anilines is 1. The van der Waals surface area contributed by atoms with E-state index in [0.29, 0.717) is 24.2 Å². The highest BCUT2D eigenvalue weighted by Gasteiger charge is 2.41. The van der Waals surface area contributed by atoms with Crippen molar-refractivity contribution in [1.29, 1.82) is 0 Å². The topological polar surface area (TPSA) is 39.7 Å². The molecule has 0 bridgehead atoms. The molecular weight excluding hydrogens is 348 g/mol. The minimum absolute atomic E-state index is 0.295. The van der Waals surface area contributed by atoms with Crippen LogP contribution < -0.4 is 4.90 Å². The molecule has 2 aliphatic heterocycles. The van der Waals surface area contributed by atoms with E-state index in [1.165, 1.54) is 11.3 Å². The van der Waals surface area contributed by atoms with Crippen LogP contribution in [0.15, 0.2) is 48.8 Å². The fraction of sp³-hybridized carbons (Fsp3) is 0.478. The van der Waals surface area contributed by atoms with Gasteiger partial charge in [0.05, 0.1) is 0 Å². The molecule has 2 atom stereocenters. The zero-order valence-corrected chi connectivity index (χ0v) is 16.9. The maximum Gasteiger partial charge on any atom is 0.222 e. The first kappa shape index (κ1) is 18.9. The Balaban J connectivity index is 1.24. The lowest BCUT2D eigenvalue weighted by Crippen LogP contribution is -2.33. The van der Waals surface area contributed by atoms with Gasteiger partial charge in [-0.3, -0.25) is 14.7 Å². The molecule has 5 heteroatoms. The van der Waals surface area contributed by atoms with Crippen LogP contribution in [0, 0.1) is 11.8 Å². The third-order valence-corrected chi connectivity index (χ3v) is 6.12. The Bertz CT molecular complexity index is 776. The van der Waals surface area contributed by atoms with Gasteiger partial charge in [-0.2, -0.15) is 0 Å². The van der Waals surface area contributed by atoms with E-state index < -0.39 is 0 Å². The first-order valence-electron chi connectivity index (χ1n) is 10.2. The molecule has 0 N–H and O–H groups in total. The highest BCUT2D eigenvalue weighted by atomic mass is 16.2. The summed E-state index contributed by atoms with van der Waals surface area (Å²) < 4.78 is 0. The maximum absolute atomic E-state index is 12.6. The summed E-state index contributed by atoms with van der Waals surface area (Å²) in [5, 5.41) is 0. The summed E-state index contributed by atoms with van der Waals surface area (Å²) in [6.45, 7) is 5.06. The number of nitrogens with zero attached hydrogens (tertiary/aromatic N) is 4. The first-order chi connectivity index (χ1) is 13.6. The van der Waals surface area contributed by atoms with Gasteiger partial charge in [0, 0.05) is 71.3 Å². The van der Waals surface area contributed by atoms with E-state index in [1.54, 1.807) is 6.20 Å². The molecule has 148 valence electrons. The summed E-state index contributed by atoms with van der Waals surface area (Å²) in [5.74, 6) is 1.55. The van der Waals surface area contributed by atoms with Crippen molar-refractivity contribution in [1.82, 2.24) is 14.8 Å². The molecule has 5 nitrogen and oxygen atoms in total. The van der Waals surface area contributed by atoms with Crippen LogP contribution in [-0.2, 0) is 17.8 Å².